The maximum atomic E-state index is 5.18. The lowest BCUT2D eigenvalue weighted by Gasteiger charge is -2.37. The minimum atomic E-state index is 0.0885. The van der Waals surface area contributed by atoms with E-state index in [1.807, 2.05) is 6.07 Å². The normalized spacial score (nSPS) is 14.4. The van der Waals surface area contributed by atoms with Gasteiger partial charge in [-0.05, 0) is 69.5 Å². The van der Waals surface area contributed by atoms with Crippen LogP contribution in [-0.2, 0) is 5.41 Å². The molecule has 2 heteroatoms. The summed E-state index contributed by atoms with van der Waals surface area (Å²) in [5.41, 5.74) is 16.0. The van der Waals surface area contributed by atoms with Crippen LogP contribution in [0.4, 0.5) is 0 Å². The molecular weight excluding hydrogens is 581 g/mol. The molecule has 7 aromatic rings. The highest BCUT2D eigenvalue weighted by Crippen LogP contribution is 2.58. The van der Waals surface area contributed by atoms with Crippen LogP contribution in [0, 0.1) is 0 Å². The second kappa shape index (κ2) is 11.9. The fraction of sp³-hybridized carbons (Fsp3) is 0.130. The predicted octanol–water partition coefficient (Wildman–Crippen LogP) is 12.0. The first-order chi connectivity index (χ1) is 23.8. The van der Waals surface area contributed by atoms with Gasteiger partial charge in [0.05, 0.1) is 11.4 Å². The first-order valence-electron chi connectivity index (χ1n) is 17.2. The van der Waals surface area contributed by atoms with E-state index in [1.165, 1.54) is 76.6 Å². The van der Waals surface area contributed by atoms with Gasteiger partial charge in [-0.1, -0.05) is 165 Å². The van der Waals surface area contributed by atoms with Crippen molar-refractivity contribution in [2.24, 2.45) is 0 Å². The molecule has 0 amide bonds. The topological polar surface area (TPSA) is 25.8 Å². The van der Waals surface area contributed by atoms with E-state index in [0.29, 0.717) is 0 Å². The fourth-order valence-electron chi connectivity index (χ4n) is 8.25. The van der Waals surface area contributed by atoms with Gasteiger partial charge in [0.15, 0.2) is 5.82 Å². The van der Waals surface area contributed by atoms with Crippen LogP contribution in [-0.4, -0.2) is 9.97 Å². The third-order valence-corrected chi connectivity index (χ3v) is 10.5. The zero-order valence-corrected chi connectivity index (χ0v) is 26.9. The number of hydrogen-bond acceptors (Lipinski definition) is 2. The molecule has 0 N–H and O–H groups in total. The third kappa shape index (κ3) is 4.88. The molecule has 230 valence electrons. The molecule has 1 saturated carbocycles. The number of hydrogen-bond donors (Lipinski definition) is 0. The van der Waals surface area contributed by atoms with Gasteiger partial charge in [-0.2, -0.15) is 0 Å². The van der Waals surface area contributed by atoms with E-state index in [9.17, 15) is 0 Å². The van der Waals surface area contributed by atoms with Crippen molar-refractivity contribution in [3.63, 3.8) is 0 Å². The van der Waals surface area contributed by atoms with Crippen molar-refractivity contribution in [2.45, 2.75) is 37.5 Å². The van der Waals surface area contributed by atoms with Crippen LogP contribution in [0.1, 0.15) is 43.2 Å². The molecule has 0 radical (unpaired) electrons. The Morgan fingerprint density at radius 3 is 1.69 bits per heavy atom. The van der Waals surface area contributed by atoms with E-state index in [4.69, 9.17) is 9.97 Å². The Labute approximate surface area is 282 Å². The summed E-state index contributed by atoms with van der Waals surface area (Å²) < 4.78 is 0. The molecule has 1 heterocycles. The first-order valence-corrected chi connectivity index (χ1v) is 17.2. The van der Waals surface area contributed by atoms with Crippen molar-refractivity contribution in [1.82, 2.24) is 9.97 Å². The summed E-state index contributed by atoms with van der Waals surface area (Å²) in [5, 5.41) is 0. The van der Waals surface area contributed by atoms with Crippen LogP contribution in [0.2, 0.25) is 0 Å². The fourth-order valence-corrected chi connectivity index (χ4v) is 8.25. The largest absolute Gasteiger partial charge is 0.228 e. The minimum Gasteiger partial charge on any atom is -0.228 e. The van der Waals surface area contributed by atoms with Crippen molar-refractivity contribution >= 4 is 0 Å². The number of fused-ring (bicyclic) bond motifs is 5. The molecule has 0 saturated heterocycles. The molecule has 48 heavy (non-hydrogen) atoms. The van der Waals surface area contributed by atoms with E-state index < -0.39 is 0 Å². The highest BCUT2D eigenvalue weighted by Gasteiger charge is 2.45. The Morgan fingerprint density at radius 1 is 0.375 bits per heavy atom. The van der Waals surface area contributed by atoms with E-state index in [2.05, 4.69) is 152 Å². The lowest BCUT2D eigenvalue weighted by Crippen LogP contribution is -2.28. The summed E-state index contributed by atoms with van der Waals surface area (Å²) in [6.07, 6.45) is 6.31. The lowest BCUT2D eigenvalue weighted by atomic mass is 9.66. The Morgan fingerprint density at radius 2 is 0.917 bits per heavy atom. The molecule has 2 aliphatic carbocycles. The van der Waals surface area contributed by atoms with Gasteiger partial charge in [0.1, 0.15) is 0 Å². The average molecular weight is 617 g/mol. The molecule has 1 spiro atoms. The van der Waals surface area contributed by atoms with Gasteiger partial charge in [0, 0.05) is 22.1 Å². The Balaban J connectivity index is 1.17. The van der Waals surface area contributed by atoms with Crippen LogP contribution in [0.15, 0.2) is 158 Å². The summed E-state index contributed by atoms with van der Waals surface area (Å²) >= 11 is 0. The molecule has 0 bridgehead atoms. The summed E-state index contributed by atoms with van der Waals surface area (Å²) in [6.45, 7) is 0. The van der Waals surface area contributed by atoms with Crippen LogP contribution in [0.5, 0.6) is 0 Å². The average Bonchev–Trinajstić information content (AvgIpc) is 3.44. The highest BCUT2D eigenvalue weighted by atomic mass is 14.9. The summed E-state index contributed by atoms with van der Waals surface area (Å²) in [4.78, 5) is 10.3. The van der Waals surface area contributed by atoms with Crippen molar-refractivity contribution in [2.75, 3.05) is 0 Å². The van der Waals surface area contributed by atoms with Crippen molar-refractivity contribution < 1.29 is 0 Å². The molecule has 2 nitrogen and oxygen atoms in total. The number of nitrogens with zero attached hydrogens (tertiary/aromatic N) is 2. The summed E-state index contributed by atoms with van der Waals surface area (Å²) in [5.74, 6) is 0.734. The highest BCUT2D eigenvalue weighted by molar-refractivity contribution is 5.89. The quantitative estimate of drug-likeness (QED) is 0.192. The van der Waals surface area contributed by atoms with Gasteiger partial charge >= 0.3 is 0 Å². The van der Waals surface area contributed by atoms with E-state index in [0.717, 1.165) is 33.9 Å². The summed E-state index contributed by atoms with van der Waals surface area (Å²) in [6, 6.07) is 56.8. The molecule has 1 aromatic heterocycles. The maximum absolute atomic E-state index is 5.18. The van der Waals surface area contributed by atoms with Gasteiger partial charge < -0.3 is 0 Å². The number of rotatable bonds is 5. The molecule has 2 aliphatic rings. The molecular formula is C46H36N2. The Hall–Kier alpha value is -5.60. The second-order valence-corrected chi connectivity index (χ2v) is 13.3. The molecule has 0 aliphatic heterocycles. The van der Waals surface area contributed by atoms with Crippen LogP contribution in [0.3, 0.4) is 0 Å². The lowest BCUT2D eigenvalue weighted by molar-refractivity contribution is 0.353. The van der Waals surface area contributed by atoms with Gasteiger partial charge in [-0.15, -0.1) is 0 Å². The van der Waals surface area contributed by atoms with Crippen molar-refractivity contribution in [3.05, 3.63) is 169 Å². The Kier molecular flexibility index (Phi) is 7.08. The molecule has 9 rings (SSSR count). The number of aromatic nitrogens is 2. The Bertz CT molecular complexity index is 2250. The third-order valence-electron chi connectivity index (χ3n) is 10.5. The van der Waals surface area contributed by atoms with Crippen LogP contribution in [0.25, 0.3) is 67.3 Å². The van der Waals surface area contributed by atoms with Gasteiger partial charge in [-0.3, -0.25) is 0 Å². The zero-order valence-electron chi connectivity index (χ0n) is 26.9. The van der Waals surface area contributed by atoms with E-state index in [-0.39, 0.29) is 5.41 Å². The maximum Gasteiger partial charge on any atom is 0.160 e. The molecule has 1 fully saturated rings. The predicted molar refractivity (Wildman–Crippen MR) is 199 cm³/mol. The standard InChI is InChI=1S/C46H36N2/c1-4-14-32(15-5-1)33-24-26-34(27-25-33)42-31-43(48-45(47-42)35-16-6-2-7-17-35)37-19-12-18-36(30-37)38-21-13-22-40-39-20-8-9-23-41(39)46(44(38)40)28-10-3-11-29-46/h1-2,4-9,12-27,30-31H,3,10-11,28-29H2. The van der Waals surface area contributed by atoms with E-state index in [1.54, 1.807) is 0 Å². The summed E-state index contributed by atoms with van der Waals surface area (Å²) in [7, 11) is 0. The first kappa shape index (κ1) is 28.6. The SMILES string of the molecule is c1ccc(-c2ccc(-c3cc(-c4cccc(-c5cccc6c5C5(CCCCC5)c5ccccc5-6)c4)nc(-c4ccccc4)n3)cc2)cc1. The van der Waals surface area contributed by atoms with Crippen LogP contribution >= 0.6 is 0 Å². The van der Waals surface area contributed by atoms with Crippen molar-refractivity contribution in [1.29, 1.82) is 0 Å². The van der Waals surface area contributed by atoms with Crippen LogP contribution < -0.4 is 0 Å². The number of benzene rings is 6. The molecule has 6 aromatic carbocycles. The molecule has 0 atom stereocenters. The minimum absolute atomic E-state index is 0.0885. The van der Waals surface area contributed by atoms with E-state index >= 15 is 0 Å². The van der Waals surface area contributed by atoms with Crippen molar-refractivity contribution in [3.8, 4) is 67.3 Å². The smallest absolute Gasteiger partial charge is 0.160 e. The second-order valence-electron chi connectivity index (χ2n) is 13.3. The van der Waals surface area contributed by atoms with Gasteiger partial charge in [-0.25, -0.2) is 9.97 Å². The monoisotopic (exact) mass is 616 g/mol. The molecule has 0 unspecified atom stereocenters. The van der Waals surface area contributed by atoms with Gasteiger partial charge in [0.25, 0.3) is 0 Å². The zero-order chi connectivity index (χ0) is 31.9. The van der Waals surface area contributed by atoms with Gasteiger partial charge in [0.2, 0.25) is 0 Å².